The van der Waals surface area contributed by atoms with Crippen LogP contribution in [0.4, 0.5) is 0 Å². The molecule has 1 N–H and O–H groups in total. The van der Waals surface area contributed by atoms with E-state index in [9.17, 15) is 4.79 Å². The third-order valence-corrected chi connectivity index (χ3v) is 0.907. The van der Waals surface area contributed by atoms with E-state index in [-0.39, 0.29) is 11.9 Å². The van der Waals surface area contributed by atoms with Crippen LogP contribution in [0.25, 0.3) is 0 Å². The van der Waals surface area contributed by atoms with E-state index in [1.807, 2.05) is 0 Å². The third-order valence-electron chi connectivity index (χ3n) is 0.907. The number of carbonyl (C=O) groups excluding carboxylic acids is 1. The van der Waals surface area contributed by atoms with E-state index in [2.05, 4.69) is 20.6 Å². The highest BCUT2D eigenvalue weighted by atomic mass is 16.8. The van der Waals surface area contributed by atoms with Gasteiger partial charge in [-0.25, -0.2) is 4.94 Å². The van der Waals surface area contributed by atoms with E-state index in [4.69, 9.17) is 0 Å². The van der Waals surface area contributed by atoms with Gasteiger partial charge in [-0.2, -0.15) is 0 Å². The minimum Gasteiger partial charge on any atom is -0.343 e. The molecular formula is C5H7N3O2. The van der Waals surface area contributed by atoms with Crippen LogP contribution < -0.4 is 5.32 Å². The number of amides is 1. The maximum Gasteiger partial charge on any atom is 0.217 e. The molecule has 0 bridgehead atoms. The molecule has 0 aliphatic carbocycles. The molecule has 1 rings (SSSR count). The van der Waals surface area contributed by atoms with Crippen LogP contribution in [0.1, 0.15) is 6.92 Å². The molecule has 0 aromatic heterocycles. The lowest BCUT2D eigenvalue weighted by molar-refractivity contribution is -0.118. The van der Waals surface area contributed by atoms with Crippen LogP contribution in [0.3, 0.4) is 0 Å². The van der Waals surface area contributed by atoms with Gasteiger partial charge in [0.2, 0.25) is 5.91 Å². The van der Waals surface area contributed by atoms with Gasteiger partial charge >= 0.3 is 0 Å². The van der Waals surface area contributed by atoms with Gasteiger partial charge in [-0.05, 0) is 0 Å². The van der Waals surface area contributed by atoms with Gasteiger partial charge in [0.1, 0.15) is 6.04 Å². The summed E-state index contributed by atoms with van der Waals surface area (Å²) < 4.78 is 0. The van der Waals surface area contributed by atoms with Crippen LogP contribution in [0.15, 0.2) is 10.3 Å². The van der Waals surface area contributed by atoms with Gasteiger partial charge < -0.3 is 5.32 Å². The lowest BCUT2D eigenvalue weighted by atomic mass is 10.3. The summed E-state index contributed by atoms with van der Waals surface area (Å²) in [7, 11) is 0. The highest BCUT2D eigenvalue weighted by molar-refractivity contribution is 5.93. The maximum atomic E-state index is 10.4. The molecule has 0 aromatic carbocycles. The molecule has 54 valence electrons. The normalized spacial score (nSPS) is 16.5. The standard InChI is InChI=1S/C5H7N3O2/c1-4(9)8-5-2-6-10-7-3-5/h2-3,5H,1H3,(H,8,9). The summed E-state index contributed by atoms with van der Waals surface area (Å²) in [4.78, 5) is 14.7. The molecule has 10 heavy (non-hydrogen) atoms. The number of hydrogen-bond donors (Lipinski definition) is 1. The van der Waals surface area contributed by atoms with Crippen molar-refractivity contribution in [3.8, 4) is 0 Å². The van der Waals surface area contributed by atoms with Crippen molar-refractivity contribution in [1.29, 1.82) is 0 Å². The van der Waals surface area contributed by atoms with E-state index in [1.54, 1.807) is 0 Å². The van der Waals surface area contributed by atoms with Crippen LogP contribution in [0.2, 0.25) is 0 Å². The van der Waals surface area contributed by atoms with Crippen LogP contribution in [-0.2, 0) is 9.73 Å². The first kappa shape index (κ1) is 6.73. The van der Waals surface area contributed by atoms with Crippen molar-refractivity contribution in [2.75, 3.05) is 0 Å². The Kier molecular flexibility index (Phi) is 1.99. The molecule has 1 aliphatic heterocycles. The first-order valence-electron chi connectivity index (χ1n) is 2.79. The summed E-state index contributed by atoms with van der Waals surface area (Å²) in [5.74, 6) is -0.121. The van der Waals surface area contributed by atoms with E-state index in [0.717, 1.165) is 0 Å². The first-order chi connectivity index (χ1) is 4.79. The number of nitrogens with zero attached hydrogens (tertiary/aromatic N) is 2. The summed E-state index contributed by atoms with van der Waals surface area (Å²) in [6.45, 7) is 1.43. The minimum absolute atomic E-state index is 0.121. The van der Waals surface area contributed by atoms with E-state index < -0.39 is 0 Å². The number of rotatable bonds is 1. The Morgan fingerprint density at radius 3 is 2.70 bits per heavy atom. The summed E-state index contributed by atoms with van der Waals surface area (Å²) in [6, 6.07) is -0.230. The second-order valence-electron chi connectivity index (χ2n) is 1.82. The molecule has 0 radical (unpaired) electrons. The van der Waals surface area contributed by atoms with E-state index in [0.29, 0.717) is 0 Å². The van der Waals surface area contributed by atoms with Crippen molar-refractivity contribution in [3.63, 3.8) is 0 Å². The Morgan fingerprint density at radius 1 is 1.60 bits per heavy atom. The average Bonchev–Trinajstić information content (AvgIpc) is 1.88. The fourth-order valence-electron chi connectivity index (χ4n) is 0.561. The Hall–Kier alpha value is -1.39. The fraction of sp³-hybridized carbons (Fsp3) is 0.400. The molecule has 1 aliphatic rings. The predicted molar refractivity (Wildman–Crippen MR) is 35.7 cm³/mol. The van der Waals surface area contributed by atoms with Crippen LogP contribution >= 0.6 is 0 Å². The van der Waals surface area contributed by atoms with Gasteiger partial charge in [0.05, 0.1) is 12.4 Å². The fourth-order valence-corrected chi connectivity index (χ4v) is 0.561. The molecular weight excluding hydrogens is 134 g/mol. The van der Waals surface area contributed by atoms with Gasteiger partial charge in [0.25, 0.3) is 0 Å². The molecule has 0 atom stereocenters. The van der Waals surface area contributed by atoms with Crippen LogP contribution in [0.5, 0.6) is 0 Å². The Balaban J connectivity index is 2.40. The van der Waals surface area contributed by atoms with Crippen LogP contribution in [-0.4, -0.2) is 24.4 Å². The van der Waals surface area contributed by atoms with Crippen molar-refractivity contribution in [2.45, 2.75) is 13.0 Å². The molecule has 1 amide bonds. The Labute approximate surface area is 57.7 Å². The molecule has 0 spiro atoms. The second-order valence-corrected chi connectivity index (χ2v) is 1.82. The summed E-state index contributed by atoms with van der Waals surface area (Å²) in [6.07, 6.45) is 2.91. The summed E-state index contributed by atoms with van der Waals surface area (Å²) in [5.41, 5.74) is 0. The number of nitrogens with one attached hydrogen (secondary N) is 1. The molecule has 5 nitrogen and oxygen atoms in total. The minimum atomic E-state index is -0.230. The Bertz CT molecular complexity index is 175. The number of oxime groups is 2. The first-order valence-corrected chi connectivity index (χ1v) is 2.79. The van der Waals surface area contributed by atoms with Gasteiger partial charge in [-0.15, -0.1) is 0 Å². The van der Waals surface area contributed by atoms with Crippen molar-refractivity contribution in [2.24, 2.45) is 10.3 Å². The monoisotopic (exact) mass is 141 g/mol. The zero-order valence-corrected chi connectivity index (χ0v) is 5.44. The molecule has 0 unspecified atom stereocenters. The lowest BCUT2D eigenvalue weighted by Crippen LogP contribution is -2.36. The quantitative estimate of drug-likeness (QED) is 0.534. The second kappa shape index (κ2) is 2.95. The number of carbonyl (C=O) groups is 1. The van der Waals surface area contributed by atoms with Crippen molar-refractivity contribution < 1.29 is 9.73 Å². The maximum absolute atomic E-state index is 10.4. The van der Waals surface area contributed by atoms with E-state index >= 15 is 0 Å². The highest BCUT2D eigenvalue weighted by Gasteiger charge is 2.05. The largest absolute Gasteiger partial charge is 0.343 e. The molecule has 0 fully saturated rings. The van der Waals surface area contributed by atoms with E-state index in [1.165, 1.54) is 19.4 Å². The van der Waals surface area contributed by atoms with Gasteiger partial charge in [0, 0.05) is 6.92 Å². The van der Waals surface area contributed by atoms with Crippen LogP contribution in [0, 0.1) is 0 Å². The molecule has 1 heterocycles. The third kappa shape index (κ3) is 1.85. The predicted octanol–water partition coefficient (Wildman–Crippen LogP) is -0.507. The lowest BCUT2D eigenvalue weighted by Gasteiger charge is -2.07. The SMILES string of the molecule is CC(=O)NC1C=NON=C1. The van der Waals surface area contributed by atoms with Gasteiger partial charge in [-0.1, -0.05) is 10.3 Å². The van der Waals surface area contributed by atoms with Crippen molar-refractivity contribution in [1.82, 2.24) is 5.32 Å². The smallest absolute Gasteiger partial charge is 0.217 e. The number of hydrogen-bond acceptors (Lipinski definition) is 4. The topological polar surface area (TPSA) is 63.0 Å². The summed E-state index contributed by atoms with van der Waals surface area (Å²) >= 11 is 0. The molecule has 5 heteroatoms. The zero-order valence-electron chi connectivity index (χ0n) is 5.44. The zero-order chi connectivity index (χ0) is 7.40. The van der Waals surface area contributed by atoms with Crippen molar-refractivity contribution in [3.05, 3.63) is 0 Å². The molecule has 0 saturated heterocycles. The van der Waals surface area contributed by atoms with Gasteiger partial charge in [0.15, 0.2) is 0 Å². The highest BCUT2D eigenvalue weighted by Crippen LogP contribution is 1.86. The molecule has 0 aromatic rings. The average molecular weight is 141 g/mol. The molecule has 0 saturated carbocycles. The van der Waals surface area contributed by atoms with Gasteiger partial charge in [-0.3, -0.25) is 4.79 Å². The Morgan fingerprint density at radius 2 is 2.20 bits per heavy atom. The van der Waals surface area contributed by atoms with Crippen molar-refractivity contribution >= 4 is 18.3 Å². The summed E-state index contributed by atoms with van der Waals surface area (Å²) in [5, 5.41) is 9.31.